The van der Waals surface area contributed by atoms with Crippen molar-refractivity contribution in [3.8, 4) is 0 Å². The Kier molecular flexibility index (Phi) is 14.7. The molecule has 0 aliphatic rings. The standard InChI is InChI=1S/C13H23NO6.C2H6/c1-10(15)18-8-12(20-11(2)16)9-19-13(17)6-5-7-14(3)4;1-2/h12H,5-9H2,1-4H3;1-2H3. The normalized spacial score (nSPS) is 11.0. The molecule has 0 radical (unpaired) electrons. The summed E-state index contributed by atoms with van der Waals surface area (Å²) in [5, 5.41) is 0. The minimum absolute atomic E-state index is 0.117. The molecule has 0 aliphatic heterocycles. The largest absolute Gasteiger partial charge is 0.462 e. The van der Waals surface area contributed by atoms with Crippen LogP contribution in [0.4, 0.5) is 0 Å². The summed E-state index contributed by atoms with van der Waals surface area (Å²) < 4.78 is 14.6. The molecule has 22 heavy (non-hydrogen) atoms. The van der Waals surface area contributed by atoms with Crippen molar-refractivity contribution in [3.63, 3.8) is 0 Å². The molecule has 7 heteroatoms. The summed E-state index contributed by atoms with van der Waals surface area (Å²) >= 11 is 0. The Hall–Kier alpha value is -1.63. The van der Waals surface area contributed by atoms with Gasteiger partial charge in [0.1, 0.15) is 13.2 Å². The molecule has 0 N–H and O–H groups in total. The molecule has 0 aromatic rings. The first-order valence-corrected chi connectivity index (χ1v) is 7.42. The molecule has 0 spiro atoms. The molecule has 0 saturated carbocycles. The van der Waals surface area contributed by atoms with Gasteiger partial charge in [-0.3, -0.25) is 14.4 Å². The van der Waals surface area contributed by atoms with Crippen LogP contribution in [0.2, 0.25) is 0 Å². The van der Waals surface area contributed by atoms with E-state index in [0.29, 0.717) is 12.8 Å². The highest BCUT2D eigenvalue weighted by atomic mass is 16.6. The molecule has 0 bridgehead atoms. The van der Waals surface area contributed by atoms with E-state index < -0.39 is 18.0 Å². The predicted octanol–water partition coefficient (Wildman–Crippen LogP) is 1.39. The summed E-state index contributed by atoms with van der Waals surface area (Å²) in [6.07, 6.45) is 0.209. The quantitative estimate of drug-likeness (QED) is 0.469. The first-order valence-electron chi connectivity index (χ1n) is 7.42. The number of esters is 3. The Balaban J connectivity index is 0. The van der Waals surface area contributed by atoms with Gasteiger partial charge in [0.25, 0.3) is 0 Å². The summed E-state index contributed by atoms with van der Waals surface area (Å²) in [5.74, 6) is -1.38. The van der Waals surface area contributed by atoms with Crippen molar-refractivity contribution < 1.29 is 28.6 Å². The van der Waals surface area contributed by atoms with Gasteiger partial charge >= 0.3 is 17.9 Å². The van der Waals surface area contributed by atoms with Crippen molar-refractivity contribution in [1.82, 2.24) is 4.90 Å². The highest BCUT2D eigenvalue weighted by molar-refractivity contribution is 5.69. The van der Waals surface area contributed by atoms with E-state index in [9.17, 15) is 14.4 Å². The van der Waals surface area contributed by atoms with E-state index >= 15 is 0 Å². The fourth-order valence-corrected chi connectivity index (χ4v) is 1.36. The maximum Gasteiger partial charge on any atom is 0.305 e. The molecule has 0 heterocycles. The van der Waals surface area contributed by atoms with Gasteiger partial charge in [0.2, 0.25) is 0 Å². The van der Waals surface area contributed by atoms with Gasteiger partial charge in [-0.25, -0.2) is 0 Å². The number of carbonyl (C=O) groups is 3. The average Bonchev–Trinajstić information content (AvgIpc) is 2.43. The molecule has 1 atom stereocenters. The topological polar surface area (TPSA) is 82.1 Å². The van der Waals surface area contributed by atoms with Gasteiger partial charge < -0.3 is 19.1 Å². The van der Waals surface area contributed by atoms with Crippen molar-refractivity contribution in [2.75, 3.05) is 33.9 Å². The molecule has 7 nitrogen and oxygen atoms in total. The second-order valence-corrected chi connectivity index (χ2v) is 4.62. The number of hydrogen-bond acceptors (Lipinski definition) is 7. The van der Waals surface area contributed by atoms with Crippen LogP contribution in [0.25, 0.3) is 0 Å². The summed E-state index contributed by atoms with van der Waals surface area (Å²) in [6.45, 7) is 7.03. The fourth-order valence-electron chi connectivity index (χ4n) is 1.36. The third-order valence-electron chi connectivity index (χ3n) is 2.22. The lowest BCUT2D eigenvalue weighted by Gasteiger charge is -2.16. The van der Waals surface area contributed by atoms with Crippen molar-refractivity contribution in [1.29, 1.82) is 0 Å². The highest BCUT2D eigenvalue weighted by Gasteiger charge is 2.16. The molecule has 0 aromatic carbocycles. The molecule has 0 amide bonds. The maximum absolute atomic E-state index is 11.5. The van der Waals surface area contributed by atoms with E-state index in [0.717, 1.165) is 6.54 Å². The number of ether oxygens (including phenoxy) is 3. The van der Waals surface area contributed by atoms with E-state index in [1.807, 2.05) is 32.8 Å². The van der Waals surface area contributed by atoms with E-state index in [1.54, 1.807) is 0 Å². The Morgan fingerprint density at radius 2 is 1.50 bits per heavy atom. The van der Waals surface area contributed by atoms with Crippen LogP contribution in [0.1, 0.15) is 40.5 Å². The van der Waals surface area contributed by atoms with Crippen molar-refractivity contribution in [3.05, 3.63) is 0 Å². The Labute approximate surface area is 132 Å². The third kappa shape index (κ3) is 16.4. The molecule has 1 unspecified atom stereocenters. The van der Waals surface area contributed by atoms with Crippen molar-refractivity contribution >= 4 is 17.9 Å². The zero-order valence-electron chi connectivity index (χ0n) is 14.5. The van der Waals surface area contributed by atoms with Gasteiger partial charge in [-0.1, -0.05) is 13.8 Å². The van der Waals surface area contributed by atoms with Crippen molar-refractivity contribution in [2.45, 2.75) is 46.6 Å². The van der Waals surface area contributed by atoms with Crippen LogP contribution in [-0.4, -0.2) is 62.8 Å². The van der Waals surface area contributed by atoms with E-state index in [-0.39, 0.29) is 19.2 Å². The second kappa shape index (κ2) is 14.3. The molecule has 0 rings (SSSR count). The van der Waals surface area contributed by atoms with Crippen LogP contribution in [0, 0.1) is 0 Å². The van der Waals surface area contributed by atoms with E-state index in [2.05, 4.69) is 0 Å². The zero-order valence-corrected chi connectivity index (χ0v) is 14.5. The van der Waals surface area contributed by atoms with Gasteiger partial charge in [-0.2, -0.15) is 0 Å². The summed E-state index contributed by atoms with van der Waals surface area (Å²) in [4.78, 5) is 35.0. The smallest absolute Gasteiger partial charge is 0.305 e. The van der Waals surface area contributed by atoms with Gasteiger partial charge in [0.05, 0.1) is 0 Å². The third-order valence-corrected chi connectivity index (χ3v) is 2.22. The lowest BCUT2D eigenvalue weighted by atomic mass is 10.3. The van der Waals surface area contributed by atoms with Gasteiger partial charge in [0, 0.05) is 20.3 Å². The van der Waals surface area contributed by atoms with E-state index in [4.69, 9.17) is 14.2 Å². The van der Waals surface area contributed by atoms with Crippen LogP contribution in [0.5, 0.6) is 0 Å². The van der Waals surface area contributed by atoms with Crippen LogP contribution in [0.15, 0.2) is 0 Å². The second-order valence-electron chi connectivity index (χ2n) is 4.62. The highest BCUT2D eigenvalue weighted by Crippen LogP contribution is 2.00. The first-order chi connectivity index (χ1) is 10.3. The number of carbonyl (C=O) groups excluding carboxylic acids is 3. The summed E-state index contributed by atoms with van der Waals surface area (Å²) in [7, 11) is 3.84. The van der Waals surface area contributed by atoms with Crippen LogP contribution >= 0.6 is 0 Å². The van der Waals surface area contributed by atoms with Crippen LogP contribution in [0.3, 0.4) is 0 Å². The van der Waals surface area contributed by atoms with Gasteiger partial charge in [-0.05, 0) is 27.1 Å². The molecular weight excluding hydrogens is 290 g/mol. The first kappa shape index (κ1) is 22.6. The predicted molar refractivity (Wildman–Crippen MR) is 82.3 cm³/mol. The SMILES string of the molecule is CC.CC(=O)OCC(COC(=O)CCCN(C)C)OC(C)=O. The zero-order chi connectivity index (χ0) is 17.5. The summed E-state index contributed by atoms with van der Waals surface area (Å²) in [5.41, 5.74) is 0. The fraction of sp³-hybridized carbons (Fsp3) is 0.800. The van der Waals surface area contributed by atoms with Gasteiger partial charge in [0.15, 0.2) is 6.10 Å². The molecule has 0 saturated heterocycles. The lowest BCUT2D eigenvalue weighted by Crippen LogP contribution is -2.29. The number of hydrogen-bond donors (Lipinski definition) is 0. The maximum atomic E-state index is 11.5. The van der Waals surface area contributed by atoms with E-state index in [1.165, 1.54) is 13.8 Å². The lowest BCUT2D eigenvalue weighted by molar-refractivity contribution is -0.164. The average molecular weight is 319 g/mol. The Morgan fingerprint density at radius 1 is 0.955 bits per heavy atom. The van der Waals surface area contributed by atoms with Crippen LogP contribution in [-0.2, 0) is 28.6 Å². The molecule has 0 aliphatic carbocycles. The molecular formula is C15H29NO6. The molecule has 0 fully saturated rings. The van der Waals surface area contributed by atoms with Crippen LogP contribution < -0.4 is 0 Å². The number of rotatable bonds is 9. The minimum Gasteiger partial charge on any atom is -0.462 e. The number of nitrogens with zero attached hydrogens (tertiary/aromatic N) is 1. The minimum atomic E-state index is -0.769. The molecule has 0 aromatic heterocycles. The van der Waals surface area contributed by atoms with Crippen molar-refractivity contribution in [2.24, 2.45) is 0 Å². The van der Waals surface area contributed by atoms with Gasteiger partial charge in [-0.15, -0.1) is 0 Å². The Morgan fingerprint density at radius 3 is 1.95 bits per heavy atom. The Bertz CT molecular complexity index is 330. The monoisotopic (exact) mass is 319 g/mol. The molecule has 130 valence electrons. The summed E-state index contributed by atoms with van der Waals surface area (Å²) in [6, 6.07) is 0.